The third-order valence-corrected chi connectivity index (χ3v) is 5.73. The molecule has 1 aliphatic heterocycles. The van der Waals surface area contributed by atoms with Gasteiger partial charge in [-0.2, -0.15) is 0 Å². The van der Waals surface area contributed by atoms with Gasteiger partial charge in [-0.25, -0.2) is 4.98 Å². The van der Waals surface area contributed by atoms with E-state index in [9.17, 15) is 0 Å². The average Bonchev–Trinajstić information content (AvgIpc) is 3.37. The highest BCUT2D eigenvalue weighted by Gasteiger charge is 2.27. The van der Waals surface area contributed by atoms with Crippen LogP contribution < -0.4 is 9.47 Å². The Bertz CT molecular complexity index is 731. The molecule has 2 aromatic rings. The standard InChI is InChI=1S/C21H29N3O2/c1-25-19-5-3-4-18(20(19)26-2)15-23-11-8-17(9-12-23)21-22-10-13-24(21)14-16-6-7-16/h3-5,10,13,16-17H,6-9,11-12,14-15H2,1-2H3. The van der Waals surface area contributed by atoms with Gasteiger partial charge in [0, 0.05) is 37.0 Å². The minimum absolute atomic E-state index is 0.590. The molecule has 0 N–H and O–H groups in total. The number of rotatable bonds is 7. The molecule has 5 nitrogen and oxygen atoms in total. The Morgan fingerprint density at radius 3 is 2.58 bits per heavy atom. The molecule has 1 aliphatic carbocycles. The summed E-state index contributed by atoms with van der Waals surface area (Å²) in [6, 6.07) is 6.13. The minimum atomic E-state index is 0.590. The number of piperidine rings is 1. The summed E-state index contributed by atoms with van der Waals surface area (Å²) >= 11 is 0. The molecule has 1 saturated heterocycles. The zero-order valence-corrected chi connectivity index (χ0v) is 15.9. The molecule has 2 heterocycles. The number of imidazole rings is 1. The lowest BCUT2D eigenvalue weighted by Gasteiger charge is -2.32. The van der Waals surface area contributed by atoms with E-state index < -0.39 is 0 Å². The van der Waals surface area contributed by atoms with Gasteiger partial charge in [0.25, 0.3) is 0 Å². The van der Waals surface area contributed by atoms with Crippen LogP contribution in [0.2, 0.25) is 0 Å². The van der Waals surface area contributed by atoms with Gasteiger partial charge in [0.15, 0.2) is 11.5 Å². The van der Waals surface area contributed by atoms with E-state index in [1.807, 2.05) is 18.3 Å². The molecule has 0 radical (unpaired) electrons. The summed E-state index contributed by atoms with van der Waals surface area (Å²) in [5, 5.41) is 0. The lowest BCUT2D eigenvalue weighted by molar-refractivity contribution is 0.197. The van der Waals surface area contributed by atoms with Crippen molar-refractivity contribution in [1.82, 2.24) is 14.5 Å². The maximum atomic E-state index is 5.58. The van der Waals surface area contributed by atoms with Crippen molar-refractivity contribution in [2.24, 2.45) is 5.92 Å². The Labute approximate surface area is 155 Å². The topological polar surface area (TPSA) is 39.5 Å². The Balaban J connectivity index is 1.38. The smallest absolute Gasteiger partial charge is 0.165 e. The van der Waals surface area contributed by atoms with Gasteiger partial charge in [-0.3, -0.25) is 4.90 Å². The van der Waals surface area contributed by atoms with Gasteiger partial charge in [-0.1, -0.05) is 12.1 Å². The second-order valence-corrected chi connectivity index (χ2v) is 7.58. The molecular weight excluding hydrogens is 326 g/mol. The van der Waals surface area contributed by atoms with Crippen molar-refractivity contribution in [2.45, 2.75) is 44.7 Å². The van der Waals surface area contributed by atoms with Crippen LogP contribution in [0.1, 0.15) is 43.0 Å². The molecule has 4 rings (SSSR count). The normalized spacial score (nSPS) is 18.8. The van der Waals surface area contributed by atoms with Crippen molar-refractivity contribution in [3.8, 4) is 11.5 Å². The van der Waals surface area contributed by atoms with E-state index in [4.69, 9.17) is 9.47 Å². The maximum absolute atomic E-state index is 5.58. The number of methoxy groups -OCH3 is 2. The first-order valence-corrected chi connectivity index (χ1v) is 9.71. The van der Waals surface area contributed by atoms with Gasteiger partial charge in [0.05, 0.1) is 14.2 Å². The Morgan fingerprint density at radius 1 is 1.08 bits per heavy atom. The van der Waals surface area contributed by atoms with Crippen LogP contribution in [-0.2, 0) is 13.1 Å². The summed E-state index contributed by atoms with van der Waals surface area (Å²) in [4.78, 5) is 7.20. The van der Waals surface area contributed by atoms with E-state index in [2.05, 4.69) is 26.7 Å². The molecule has 0 bridgehead atoms. The van der Waals surface area contributed by atoms with Crippen LogP contribution in [-0.4, -0.2) is 41.8 Å². The summed E-state index contributed by atoms with van der Waals surface area (Å²) in [6.07, 6.45) is 9.27. The molecule has 0 spiro atoms. The summed E-state index contributed by atoms with van der Waals surface area (Å²) in [5.41, 5.74) is 1.19. The summed E-state index contributed by atoms with van der Waals surface area (Å²) in [5.74, 6) is 4.45. The highest BCUT2D eigenvalue weighted by molar-refractivity contribution is 5.46. The number of para-hydroxylation sites is 1. The van der Waals surface area contributed by atoms with Crippen molar-refractivity contribution in [3.05, 3.63) is 42.0 Å². The number of hydrogen-bond donors (Lipinski definition) is 0. The fourth-order valence-electron chi connectivity index (χ4n) is 4.08. The van der Waals surface area contributed by atoms with Gasteiger partial charge in [0.1, 0.15) is 5.82 Å². The highest BCUT2D eigenvalue weighted by atomic mass is 16.5. The van der Waals surface area contributed by atoms with Crippen LogP contribution in [0.25, 0.3) is 0 Å². The fourth-order valence-corrected chi connectivity index (χ4v) is 4.08. The predicted octanol–water partition coefficient (Wildman–Crippen LogP) is 3.69. The van der Waals surface area contributed by atoms with Gasteiger partial charge < -0.3 is 14.0 Å². The van der Waals surface area contributed by atoms with E-state index in [1.165, 1.54) is 37.1 Å². The third kappa shape index (κ3) is 3.73. The lowest BCUT2D eigenvalue weighted by Crippen LogP contribution is -2.33. The maximum Gasteiger partial charge on any atom is 0.165 e. The van der Waals surface area contributed by atoms with E-state index >= 15 is 0 Å². The zero-order valence-electron chi connectivity index (χ0n) is 15.9. The first kappa shape index (κ1) is 17.4. The first-order valence-electron chi connectivity index (χ1n) is 9.71. The predicted molar refractivity (Wildman–Crippen MR) is 102 cm³/mol. The SMILES string of the molecule is COc1cccc(CN2CCC(c3nccn3CC3CC3)CC2)c1OC. The van der Waals surface area contributed by atoms with Crippen LogP contribution in [0, 0.1) is 5.92 Å². The van der Waals surface area contributed by atoms with Crippen LogP contribution in [0.3, 0.4) is 0 Å². The molecule has 26 heavy (non-hydrogen) atoms. The Hall–Kier alpha value is -2.01. The van der Waals surface area contributed by atoms with Gasteiger partial charge in [0.2, 0.25) is 0 Å². The lowest BCUT2D eigenvalue weighted by atomic mass is 9.95. The number of aromatic nitrogens is 2. The van der Waals surface area contributed by atoms with Crippen LogP contribution in [0.4, 0.5) is 0 Å². The monoisotopic (exact) mass is 355 g/mol. The van der Waals surface area contributed by atoms with E-state index in [-0.39, 0.29) is 0 Å². The molecule has 1 saturated carbocycles. The summed E-state index contributed by atoms with van der Waals surface area (Å²) < 4.78 is 13.4. The summed E-state index contributed by atoms with van der Waals surface area (Å²) in [6.45, 7) is 4.27. The molecule has 2 fully saturated rings. The molecular formula is C21H29N3O2. The van der Waals surface area contributed by atoms with Crippen molar-refractivity contribution in [3.63, 3.8) is 0 Å². The quantitative estimate of drug-likeness (QED) is 0.759. The van der Waals surface area contributed by atoms with Crippen LogP contribution in [0.15, 0.2) is 30.6 Å². The first-order chi connectivity index (χ1) is 12.8. The molecule has 2 aliphatic rings. The highest BCUT2D eigenvalue weighted by Crippen LogP contribution is 2.35. The second kappa shape index (κ2) is 7.70. The average molecular weight is 355 g/mol. The molecule has 0 atom stereocenters. The van der Waals surface area contributed by atoms with E-state index in [1.54, 1.807) is 14.2 Å². The zero-order chi connectivity index (χ0) is 17.9. The Kier molecular flexibility index (Phi) is 5.16. The van der Waals surface area contributed by atoms with Crippen LogP contribution >= 0.6 is 0 Å². The van der Waals surface area contributed by atoms with Crippen molar-refractivity contribution < 1.29 is 9.47 Å². The number of ether oxygens (including phenoxy) is 2. The van der Waals surface area contributed by atoms with E-state index in [0.717, 1.165) is 43.6 Å². The number of benzene rings is 1. The van der Waals surface area contributed by atoms with Gasteiger partial charge >= 0.3 is 0 Å². The molecule has 1 aromatic carbocycles. The minimum Gasteiger partial charge on any atom is -0.493 e. The van der Waals surface area contributed by atoms with Crippen LogP contribution in [0.5, 0.6) is 11.5 Å². The molecule has 0 amide bonds. The van der Waals surface area contributed by atoms with Crippen molar-refractivity contribution >= 4 is 0 Å². The molecule has 1 aromatic heterocycles. The largest absolute Gasteiger partial charge is 0.493 e. The van der Waals surface area contributed by atoms with E-state index in [0.29, 0.717) is 5.92 Å². The number of likely N-dealkylation sites (tertiary alicyclic amines) is 1. The summed E-state index contributed by atoms with van der Waals surface area (Å²) in [7, 11) is 3.41. The molecule has 0 unspecified atom stereocenters. The van der Waals surface area contributed by atoms with Crippen molar-refractivity contribution in [1.29, 1.82) is 0 Å². The third-order valence-electron chi connectivity index (χ3n) is 5.73. The van der Waals surface area contributed by atoms with Gasteiger partial charge in [-0.05, 0) is 50.8 Å². The second-order valence-electron chi connectivity index (χ2n) is 7.58. The number of hydrogen-bond acceptors (Lipinski definition) is 4. The number of nitrogens with zero attached hydrogens (tertiary/aromatic N) is 3. The molecule has 140 valence electrons. The Morgan fingerprint density at radius 2 is 1.88 bits per heavy atom. The van der Waals surface area contributed by atoms with Gasteiger partial charge in [-0.15, -0.1) is 0 Å². The fraction of sp³-hybridized carbons (Fsp3) is 0.571. The molecule has 5 heteroatoms. The van der Waals surface area contributed by atoms with Crippen molar-refractivity contribution in [2.75, 3.05) is 27.3 Å².